The molecule has 2 aromatic carbocycles. The van der Waals surface area contributed by atoms with E-state index in [1.807, 2.05) is 24.3 Å². The SMILES string of the molecule is CN(C1CCc2ccccc21)S(=O)(=O)c1ccc(C(=O)NCC(F)(F)F)cc1. The number of rotatable bonds is 5. The fraction of sp³-hybridized carbons (Fsp3) is 0.316. The Bertz CT molecular complexity index is 973. The Kier molecular flexibility index (Phi) is 5.49. The van der Waals surface area contributed by atoms with Gasteiger partial charge < -0.3 is 5.32 Å². The Morgan fingerprint density at radius 3 is 2.43 bits per heavy atom. The maximum atomic E-state index is 12.9. The van der Waals surface area contributed by atoms with Gasteiger partial charge in [0.25, 0.3) is 5.91 Å². The molecule has 150 valence electrons. The van der Waals surface area contributed by atoms with Crippen LogP contribution in [0.25, 0.3) is 0 Å². The van der Waals surface area contributed by atoms with E-state index in [2.05, 4.69) is 0 Å². The largest absolute Gasteiger partial charge is 0.405 e. The van der Waals surface area contributed by atoms with Crippen molar-refractivity contribution in [1.82, 2.24) is 9.62 Å². The summed E-state index contributed by atoms with van der Waals surface area (Å²) in [4.78, 5) is 11.7. The van der Waals surface area contributed by atoms with Crippen molar-refractivity contribution in [2.75, 3.05) is 13.6 Å². The zero-order valence-corrected chi connectivity index (χ0v) is 15.8. The number of fused-ring (bicyclic) bond motifs is 1. The molecule has 1 aliphatic rings. The minimum Gasteiger partial charge on any atom is -0.343 e. The first kappa shape index (κ1) is 20.3. The van der Waals surface area contributed by atoms with Gasteiger partial charge in [-0.3, -0.25) is 4.79 Å². The summed E-state index contributed by atoms with van der Waals surface area (Å²) in [5, 5.41) is 1.75. The summed E-state index contributed by atoms with van der Waals surface area (Å²) in [6.07, 6.45) is -3.05. The van der Waals surface area contributed by atoms with Crippen molar-refractivity contribution in [3.05, 3.63) is 65.2 Å². The molecule has 1 N–H and O–H groups in total. The van der Waals surface area contributed by atoms with E-state index in [1.54, 1.807) is 5.32 Å². The lowest BCUT2D eigenvalue weighted by Crippen LogP contribution is -2.33. The maximum Gasteiger partial charge on any atom is 0.405 e. The van der Waals surface area contributed by atoms with E-state index in [-0.39, 0.29) is 16.5 Å². The van der Waals surface area contributed by atoms with Gasteiger partial charge in [0.15, 0.2) is 0 Å². The highest BCUT2D eigenvalue weighted by Crippen LogP contribution is 2.37. The number of alkyl halides is 3. The average molecular weight is 412 g/mol. The number of amides is 1. The van der Waals surface area contributed by atoms with Gasteiger partial charge >= 0.3 is 6.18 Å². The Balaban J connectivity index is 1.76. The quantitative estimate of drug-likeness (QED) is 0.820. The summed E-state index contributed by atoms with van der Waals surface area (Å²) in [5.74, 6) is -0.917. The summed E-state index contributed by atoms with van der Waals surface area (Å²) >= 11 is 0. The lowest BCUT2D eigenvalue weighted by atomic mass is 10.1. The standard InChI is InChI=1S/C19H19F3N2O3S/c1-24(17-11-8-13-4-2-3-5-16(13)17)28(26,27)15-9-6-14(7-10-15)18(25)23-12-19(20,21)22/h2-7,9-10,17H,8,11-12H2,1H3,(H,23,25). The topological polar surface area (TPSA) is 66.5 Å². The molecule has 0 fully saturated rings. The van der Waals surface area contributed by atoms with E-state index in [0.29, 0.717) is 6.42 Å². The van der Waals surface area contributed by atoms with Gasteiger partial charge in [0.1, 0.15) is 6.54 Å². The second-order valence-corrected chi connectivity index (χ2v) is 8.59. The Labute approximate surface area is 161 Å². The molecule has 1 unspecified atom stereocenters. The molecule has 0 saturated heterocycles. The molecule has 9 heteroatoms. The van der Waals surface area contributed by atoms with Crippen LogP contribution in [-0.2, 0) is 16.4 Å². The summed E-state index contributed by atoms with van der Waals surface area (Å²) < 4.78 is 63.8. The Hall–Kier alpha value is -2.39. The number of aryl methyl sites for hydroxylation is 1. The second kappa shape index (κ2) is 7.56. The second-order valence-electron chi connectivity index (χ2n) is 6.60. The number of benzene rings is 2. The van der Waals surface area contributed by atoms with Crippen molar-refractivity contribution in [2.45, 2.75) is 30.0 Å². The molecular formula is C19H19F3N2O3S. The van der Waals surface area contributed by atoms with Crippen LogP contribution in [0.15, 0.2) is 53.4 Å². The van der Waals surface area contributed by atoms with Crippen LogP contribution in [0.2, 0.25) is 0 Å². The summed E-state index contributed by atoms with van der Waals surface area (Å²) in [6, 6.07) is 12.3. The van der Waals surface area contributed by atoms with Gasteiger partial charge in [-0.15, -0.1) is 0 Å². The Morgan fingerprint density at radius 2 is 1.79 bits per heavy atom. The molecule has 1 amide bonds. The van der Waals surface area contributed by atoms with Crippen molar-refractivity contribution in [1.29, 1.82) is 0 Å². The van der Waals surface area contributed by atoms with Crippen LogP contribution in [0.4, 0.5) is 13.2 Å². The molecule has 0 aliphatic heterocycles. The monoisotopic (exact) mass is 412 g/mol. The molecule has 0 heterocycles. The molecule has 1 aliphatic carbocycles. The van der Waals surface area contributed by atoms with Gasteiger partial charge in [-0.1, -0.05) is 24.3 Å². The summed E-state index contributed by atoms with van der Waals surface area (Å²) in [6.45, 7) is -1.45. The molecule has 0 saturated carbocycles. The number of hydrogen-bond donors (Lipinski definition) is 1. The van der Waals surface area contributed by atoms with Crippen molar-refractivity contribution >= 4 is 15.9 Å². The summed E-state index contributed by atoms with van der Waals surface area (Å²) in [5.41, 5.74) is 2.04. The van der Waals surface area contributed by atoms with Crippen molar-refractivity contribution in [2.24, 2.45) is 0 Å². The highest BCUT2D eigenvalue weighted by Gasteiger charge is 2.33. The van der Waals surface area contributed by atoms with Crippen LogP contribution in [0.3, 0.4) is 0 Å². The normalized spacial score (nSPS) is 16.8. The van der Waals surface area contributed by atoms with E-state index >= 15 is 0 Å². The van der Waals surface area contributed by atoms with E-state index in [9.17, 15) is 26.4 Å². The van der Waals surface area contributed by atoms with Crippen LogP contribution < -0.4 is 5.32 Å². The van der Waals surface area contributed by atoms with Gasteiger partial charge in [-0.05, 0) is 48.2 Å². The maximum absolute atomic E-state index is 12.9. The minimum atomic E-state index is -4.51. The number of carbonyl (C=O) groups is 1. The number of halogens is 3. The third kappa shape index (κ3) is 4.20. The van der Waals surface area contributed by atoms with Gasteiger partial charge in [0, 0.05) is 12.6 Å². The van der Waals surface area contributed by atoms with Gasteiger partial charge in [-0.25, -0.2) is 8.42 Å². The van der Waals surface area contributed by atoms with Gasteiger partial charge in [0.05, 0.1) is 10.9 Å². The first-order valence-electron chi connectivity index (χ1n) is 8.60. The summed E-state index contributed by atoms with van der Waals surface area (Å²) in [7, 11) is -2.32. The molecule has 0 bridgehead atoms. The number of nitrogens with one attached hydrogen (secondary N) is 1. The zero-order valence-electron chi connectivity index (χ0n) is 15.0. The number of nitrogens with zero attached hydrogens (tertiary/aromatic N) is 1. The molecular weight excluding hydrogens is 393 g/mol. The van der Waals surface area contributed by atoms with Crippen LogP contribution in [0.5, 0.6) is 0 Å². The third-order valence-corrected chi connectivity index (χ3v) is 6.66. The smallest absolute Gasteiger partial charge is 0.343 e. The Morgan fingerprint density at radius 1 is 1.14 bits per heavy atom. The first-order valence-corrected chi connectivity index (χ1v) is 10.0. The molecule has 3 rings (SSSR count). The van der Waals surface area contributed by atoms with E-state index in [0.717, 1.165) is 17.5 Å². The van der Waals surface area contributed by atoms with Crippen molar-refractivity contribution in [3.8, 4) is 0 Å². The predicted molar refractivity (Wildman–Crippen MR) is 97.3 cm³/mol. The van der Waals surface area contributed by atoms with E-state index in [1.165, 1.54) is 35.6 Å². The van der Waals surface area contributed by atoms with E-state index in [4.69, 9.17) is 0 Å². The third-order valence-electron chi connectivity index (χ3n) is 4.78. The zero-order chi connectivity index (χ0) is 20.5. The van der Waals surface area contributed by atoms with Crippen LogP contribution in [-0.4, -0.2) is 38.4 Å². The lowest BCUT2D eigenvalue weighted by molar-refractivity contribution is -0.123. The predicted octanol–water partition coefficient (Wildman–Crippen LogP) is 3.29. The number of hydrogen-bond acceptors (Lipinski definition) is 3. The van der Waals surface area contributed by atoms with Gasteiger partial charge in [0.2, 0.25) is 10.0 Å². The molecule has 5 nitrogen and oxygen atoms in total. The fourth-order valence-electron chi connectivity index (χ4n) is 3.31. The first-order chi connectivity index (χ1) is 13.1. The van der Waals surface area contributed by atoms with Crippen LogP contribution in [0.1, 0.15) is 33.9 Å². The number of sulfonamides is 1. The fourth-order valence-corrected chi connectivity index (χ4v) is 4.67. The van der Waals surface area contributed by atoms with Crippen molar-refractivity contribution < 1.29 is 26.4 Å². The molecule has 1 atom stereocenters. The lowest BCUT2D eigenvalue weighted by Gasteiger charge is -2.25. The highest BCUT2D eigenvalue weighted by molar-refractivity contribution is 7.89. The average Bonchev–Trinajstić information content (AvgIpc) is 3.09. The molecule has 0 aromatic heterocycles. The number of carbonyl (C=O) groups excluding carboxylic acids is 1. The van der Waals surface area contributed by atoms with Crippen LogP contribution in [0, 0.1) is 0 Å². The van der Waals surface area contributed by atoms with Gasteiger partial charge in [-0.2, -0.15) is 17.5 Å². The molecule has 28 heavy (non-hydrogen) atoms. The minimum absolute atomic E-state index is 0.0215. The molecule has 2 aromatic rings. The molecule has 0 radical (unpaired) electrons. The van der Waals surface area contributed by atoms with E-state index < -0.39 is 28.7 Å². The highest BCUT2D eigenvalue weighted by atomic mass is 32.2. The van der Waals surface area contributed by atoms with Crippen LogP contribution >= 0.6 is 0 Å². The molecule has 0 spiro atoms. The van der Waals surface area contributed by atoms with Crippen molar-refractivity contribution in [3.63, 3.8) is 0 Å².